The topological polar surface area (TPSA) is 78.1 Å². The quantitative estimate of drug-likeness (QED) is 0.219. The number of rotatable bonds is 4. The standard InChI is InChI=1S/C22H18BrN3O3S/c1-22(2)8-16-13(9-28-22)7-15-18-19(29-20(15)26-16)21(25-11-24-18)30-10-17(27)12-3-5-14(23)6-4-12/h3-7,11H,8-10H2,1-2H3. The zero-order valence-electron chi connectivity index (χ0n) is 16.4. The molecule has 0 bridgehead atoms. The molecule has 1 aliphatic rings. The molecular formula is C22H18BrN3O3S. The lowest BCUT2D eigenvalue weighted by molar-refractivity contribution is -0.0411. The predicted octanol–water partition coefficient (Wildman–Crippen LogP) is 5.36. The van der Waals surface area contributed by atoms with Gasteiger partial charge >= 0.3 is 0 Å². The molecule has 6 nitrogen and oxygen atoms in total. The van der Waals surface area contributed by atoms with E-state index in [2.05, 4.69) is 39.7 Å². The largest absolute Gasteiger partial charge is 0.433 e. The molecule has 3 aromatic heterocycles. The van der Waals surface area contributed by atoms with Gasteiger partial charge < -0.3 is 9.15 Å². The zero-order chi connectivity index (χ0) is 20.9. The van der Waals surface area contributed by atoms with Gasteiger partial charge in [0.15, 0.2) is 11.4 Å². The molecule has 30 heavy (non-hydrogen) atoms. The summed E-state index contributed by atoms with van der Waals surface area (Å²) in [5.41, 5.74) is 4.29. The van der Waals surface area contributed by atoms with Crippen molar-refractivity contribution < 1.29 is 13.9 Å². The molecule has 0 saturated carbocycles. The number of thioether (sulfide) groups is 1. The summed E-state index contributed by atoms with van der Waals surface area (Å²) in [5.74, 6) is 0.292. The number of benzene rings is 1. The van der Waals surface area contributed by atoms with Crippen molar-refractivity contribution in [3.8, 4) is 0 Å². The molecule has 8 heteroatoms. The maximum absolute atomic E-state index is 12.5. The third-order valence-electron chi connectivity index (χ3n) is 5.10. The number of ether oxygens (including phenoxy) is 1. The highest BCUT2D eigenvalue weighted by molar-refractivity contribution is 9.10. The van der Waals surface area contributed by atoms with E-state index in [0.29, 0.717) is 34.0 Å². The lowest BCUT2D eigenvalue weighted by atomic mass is 9.95. The van der Waals surface area contributed by atoms with E-state index in [4.69, 9.17) is 14.1 Å². The van der Waals surface area contributed by atoms with E-state index in [1.807, 2.05) is 30.3 Å². The Balaban J connectivity index is 1.47. The van der Waals surface area contributed by atoms with E-state index in [0.717, 1.165) is 27.5 Å². The first-order chi connectivity index (χ1) is 14.4. The van der Waals surface area contributed by atoms with Crippen LogP contribution in [0, 0.1) is 0 Å². The number of Topliss-reactive ketones (excluding diaryl/α,β-unsaturated/α-hetero) is 1. The Hall–Kier alpha value is -2.29. The van der Waals surface area contributed by atoms with Crippen LogP contribution in [0.5, 0.6) is 0 Å². The van der Waals surface area contributed by atoms with Gasteiger partial charge in [0.1, 0.15) is 16.9 Å². The average molecular weight is 484 g/mol. The third-order valence-corrected chi connectivity index (χ3v) is 6.60. The highest BCUT2D eigenvalue weighted by Gasteiger charge is 2.28. The van der Waals surface area contributed by atoms with E-state index in [9.17, 15) is 4.79 Å². The maximum Gasteiger partial charge on any atom is 0.229 e. The van der Waals surface area contributed by atoms with Crippen LogP contribution < -0.4 is 0 Å². The van der Waals surface area contributed by atoms with Crippen molar-refractivity contribution in [1.82, 2.24) is 15.0 Å². The zero-order valence-corrected chi connectivity index (χ0v) is 18.8. The molecule has 4 heterocycles. The molecule has 0 saturated heterocycles. The molecular weight excluding hydrogens is 466 g/mol. The second-order valence-corrected chi connectivity index (χ2v) is 9.73. The smallest absolute Gasteiger partial charge is 0.229 e. The number of furan rings is 1. The minimum absolute atomic E-state index is 0.0309. The summed E-state index contributed by atoms with van der Waals surface area (Å²) in [6.45, 7) is 4.64. The van der Waals surface area contributed by atoms with Gasteiger partial charge in [-0.15, -0.1) is 0 Å². The highest BCUT2D eigenvalue weighted by Crippen LogP contribution is 2.35. The van der Waals surface area contributed by atoms with Crippen molar-refractivity contribution >= 4 is 55.7 Å². The van der Waals surface area contributed by atoms with E-state index < -0.39 is 0 Å². The third kappa shape index (κ3) is 3.64. The summed E-state index contributed by atoms with van der Waals surface area (Å²) in [5, 5.41) is 1.48. The minimum Gasteiger partial charge on any atom is -0.433 e. The van der Waals surface area contributed by atoms with Crippen molar-refractivity contribution in [1.29, 1.82) is 0 Å². The lowest BCUT2D eigenvalue weighted by Crippen LogP contribution is -2.32. The number of carbonyl (C=O) groups is 1. The summed E-state index contributed by atoms with van der Waals surface area (Å²) in [6.07, 6.45) is 2.23. The van der Waals surface area contributed by atoms with Crippen molar-refractivity contribution in [2.75, 3.05) is 5.75 Å². The maximum atomic E-state index is 12.5. The van der Waals surface area contributed by atoms with E-state index in [1.165, 1.54) is 18.1 Å². The molecule has 0 amide bonds. The van der Waals surface area contributed by atoms with Gasteiger partial charge in [0.05, 0.1) is 29.0 Å². The summed E-state index contributed by atoms with van der Waals surface area (Å²) in [6, 6.07) is 9.38. The molecule has 5 rings (SSSR count). The van der Waals surface area contributed by atoms with Gasteiger partial charge in [0.2, 0.25) is 5.71 Å². The SMILES string of the molecule is CC1(C)Cc2nc3oc4c(SCC(=O)c5ccc(Br)cc5)ncnc4c3cc2CO1. The predicted molar refractivity (Wildman–Crippen MR) is 119 cm³/mol. The Kier molecular flexibility index (Phi) is 4.88. The fourth-order valence-electron chi connectivity index (χ4n) is 3.52. The molecule has 1 aliphatic heterocycles. The number of pyridine rings is 1. The second kappa shape index (κ2) is 7.44. The first kappa shape index (κ1) is 19.7. The van der Waals surface area contributed by atoms with Gasteiger partial charge in [-0.25, -0.2) is 15.0 Å². The number of aromatic nitrogens is 3. The van der Waals surface area contributed by atoms with E-state index in [-0.39, 0.29) is 17.1 Å². The molecule has 1 aromatic carbocycles. The van der Waals surface area contributed by atoms with Gasteiger partial charge in [-0.05, 0) is 32.0 Å². The molecule has 4 aromatic rings. The average Bonchev–Trinajstić information content (AvgIpc) is 3.08. The summed E-state index contributed by atoms with van der Waals surface area (Å²) in [4.78, 5) is 26.0. The normalized spacial score (nSPS) is 15.4. The fraction of sp³-hybridized carbons (Fsp3) is 0.273. The first-order valence-electron chi connectivity index (χ1n) is 9.51. The second-order valence-electron chi connectivity index (χ2n) is 7.85. The van der Waals surface area contributed by atoms with Crippen molar-refractivity contribution in [2.24, 2.45) is 0 Å². The van der Waals surface area contributed by atoms with Crippen LogP contribution in [0.3, 0.4) is 0 Å². The van der Waals surface area contributed by atoms with Crippen LogP contribution in [-0.4, -0.2) is 32.1 Å². The summed E-state index contributed by atoms with van der Waals surface area (Å²) >= 11 is 4.73. The van der Waals surface area contributed by atoms with Gasteiger partial charge in [-0.3, -0.25) is 4.79 Å². The molecule has 0 aliphatic carbocycles. The van der Waals surface area contributed by atoms with Crippen LogP contribution in [-0.2, 0) is 17.8 Å². The van der Waals surface area contributed by atoms with Crippen molar-refractivity contribution in [2.45, 2.75) is 37.5 Å². The highest BCUT2D eigenvalue weighted by atomic mass is 79.9. The Morgan fingerprint density at radius 1 is 1.23 bits per heavy atom. The number of carbonyl (C=O) groups excluding carboxylic acids is 1. The summed E-state index contributed by atoms with van der Waals surface area (Å²) in [7, 11) is 0. The number of halogens is 1. The molecule has 0 spiro atoms. The van der Waals surface area contributed by atoms with Crippen molar-refractivity contribution in [3.05, 3.63) is 58.0 Å². The number of hydrogen-bond acceptors (Lipinski definition) is 7. The number of ketones is 1. The Bertz CT molecular complexity index is 1280. The first-order valence-corrected chi connectivity index (χ1v) is 11.3. The van der Waals surface area contributed by atoms with Crippen LogP contribution >= 0.6 is 27.7 Å². The van der Waals surface area contributed by atoms with Gasteiger partial charge in [-0.1, -0.05) is 39.8 Å². The van der Waals surface area contributed by atoms with E-state index in [1.54, 1.807) is 0 Å². The molecule has 0 radical (unpaired) electrons. The Labute approximate surface area is 185 Å². The minimum atomic E-state index is -0.242. The monoisotopic (exact) mass is 483 g/mol. The van der Waals surface area contributed by atoms with E-state index >= 15 is 0 Å². The Morgan fingerprint density at radius 2 is 2.03 bits per heavy atom. The number of nitrogens with zero attached hydrogens (tertiary/aromatic N) is 3. The van der Waals surface area contributed by atoms with Crippen molar-refractivity contribution in [3.63, 3.8) is 0 Å². The van der Waals surface area contributed by atoms with Crippen LogP contribution in [0.4, 0.5) is 0 Å². The molecule has 152 valence electrons. The molecule has 0 N–H and O–H groups in total. The van der Waals surface area contributed by atoms with Gasteiger partial charge in [0.25, 0.3) is 0 Å². The lowest BCUT2D eigenvalue weighted by Gasteiger charge is -2.30. The van der Waals surface area contributed by atoms with Crippen LogP contribution in [0.2, 0.25) is 0 Å². The fourth-order valence-corrected chi connectivity index (χ4v) is 4.61. The number of fused-ring (bicyclic) bond motifs is 4. The molecule has 0 unspecified atom stereocenters. The van der Waals surface area contributed by atoms with Crippen LogP contribution in [0.25, 0.3) is 22.2 Å². The molecule has 0 atom stereocenters. The van der Waals surface area contributed by atoms with Gasteiger partial charge in [0, 0.05) is 22.0 Å². The Morgan fingerprint density at radius 3 is 2.83 bits per heavy atom. The molecule has 0 fully saturated rings. The van der Waals surface area contributed by atoms with Crippen LogP contribution in [0.15, 0.2) is 50.6 Å². The number of hydrogen-bond donors (Lipinski definition) is 0. The van der Waals surface area contributed by atoms with Crippen LogP contribution in [0.1, 0.15) is 35.5 Å². The summed E-state index contributed by atoms with van der Waals surface area (Å²) < 4.78 is 12.9. The van der Waals surface area contributed by atoms with Gasteiger partial charge in [-0.2, -0.15) is 0 Å².